The van der Waals surface area contributed by atoms with Crippen molar-refractivity contribution in [2.45, 2.75) is 38.4 Å². The molecule has 0 aliphatic heterocycles. The van der Waals surface area contributed by atoms with E-state index in [1.54, 1.807) is 11.8 Å². The summed E-state index contributed by atoms with van der Waals surface area (Å²) in [5.74, 6) is -0.00976. The lowest BCUT2D eigenvalue weighted by molar-refractivity contribution is -0.137. The lowest BCUT2D eigenvalue weighted by Crippen LogP contribution is -2.02. The summed E-state index contributed by atoms with van der Waals surface area (Å²) >= 11 is 1.64. The van der Waals surface area contributed by atoms with Crippen molar-refractivity contribution < 1.29 is 9.90 Å². The zero-order valence-electron chi connectivity index (χ0n) is 17.0. The Morgan fingerprint density at radius 2 is 1.90 bits per heavy atom. The van der Waals surface area contributed by atoms with Crippen LogP contribution in [0, 0.1) is 13.8 Å². The molecule has 2 aromatic heterocycles. The number of aromatic nitrogens is 3. The molecule has 6 heteroatoms. The maximum atomic E-state index is 10.8. The maximum absolute atomic E-state index is 10.8. The molecule has 29 heavy (non-hydrogen) atoms. The normalized spacial score (nSPS) is 11.6. The number of carboxylic acid groups (broad SMARTS) is 1. The Morgan fingerprint density at radius 3 is 2.69 bits per heavy atom. The fourth-order valence-corrected chi connectivity index (χ4v) is 4.68. The molecule has 0 amide bonds. The SMILES string of the molecule is Cc1cc2nc(SCCCC(=O)O)n(Cc3cn(C)c4ccccc34)c2cc1C. The summed E-state index contributed by atoms with van der Waals surface area (Å²) in [6, 6.07) is 12.8. The minimum absolute atomic E-state index is 0.189. The van der Waals surface area contributed by atoms with Crippen molar-refractivity contribution >= 4 is 39.7 Å². The number of thioether (sulfide) groups is 1. The van der Waals surface area contributed by atoms with Gasteiger partial charge < -0.3 is 14.2 Å². The number of aliphatic carboxylic acids is 1. The smallest absolute Gasteiger partial charge is 0.303 e. The second kappa shape index (κ2) is 7.95. The molecule has 2 heterocycles. The standard InChI is InChI=1S/C23H25N3O2S/c1-15-11-19-21(12-16(15)2)26(23(24-19)29-10-6-9-22(27)28)14-17-13-25(3)20-8-5-4-7-18(17)20/h4-5,7-8,11-13H,6,9-10,14H2,1-3H3,(H,27,28). The molecular formula is C23H25N3O2S. The van der Waals surface area contributed by atoms with E-state index in [0.29, 0.717) is 6.42 Å². The molecular weight excluding hydrogens is 382 g/mol. The van der Waals surface area contributed by atoms with Crippen LogP contribution in [-0.2, 0) is 18.4 Å². The number of nitrogens with zero attached hydrogens (tertiary/aromatic N) is 3. The van der Waals surface area contributed by atoms with E-state index in [1.165, 1.54) is 27.6 Å². The van der Waals surface area contributed by atoms with Crippen LogP contribution in [0.3, 0.4) is 0 Å². The molecule has 2 aromatic carbocycles. The number of fused-ring (bicyclic) bond motifs is 2. The number of hydrogen-bond donors (Lipinski definition) is 1. The molecule has 150 valence electrons. The molecule has 0 fully saturated rings. The lowest BCUT2D eigenvalue weighted by Gasteiger charge is -2.09. The van der Waals surface area contributed by atoms with Gasteiger partial charge >= 0.3 is 5.97 Å². The number of aryl methyl sites for hydroxylation is 3. The van der Waals surface area contributed by atoms with Crippen LogP contribution in [0.25, 0.3) is 21.9 Å². The molecule has 5 nitrogen and oxygen atoms in total. The summed E-state index contributed by atoms with van der Waals surface area (Å²) in [7, 11) is 2.08. The van der Waals surface area contributed by atoms with Crippen molar-refractivity contribution in [3.63, 3.8) is 0 Å². The number of imidazole rings is 1. The van der Waals surface area contributed by atoms with E-state index in [4.69, 9.17) is 10.1 Å². The summed E-state index contributed by atoms with van der Waals surface area (Å²) < 4.78 is 4.44. The van der Waals surface area contributed by atoms with Gasteiger partial charge in [0.25, 0.3) is 0 Å². The van der Waals surface area contributed by atoms with E-state index in [9.17, 15) is 4.79 Å². The molecule has 4 rings (SSSR count). The third-order valence-corrected chi connectivity index (χ3v) is 6.47. The average molecular weight is 408 g/mol. The minimum Gasteiger partial charge on any atom is -0.481 e. The van der Waals surface area contributed by atoms with Crippen LogP contribution < -0.4 is 0 Å². The fourth-order valence-electron chi connectivity index (χ4n) is 3.73. The Balaban J connectivity index is 1.74. The third-order valence-electron chi connectivity index (χ3n) is 5.40. The highest BCUT2D eigenvalue weighted by Gasteiger charge is 2.15. The second-order valence-electron chi connectivity index (χ2n) is 7.53. The lowest BCUT2D eigenvalue weighted by atomic mass is 10.1. The zero-order valence-corrected chi connectivity index (χ0v) is 17.8. The molecule has 0 bridgehead atoms. The zero-order chi connectivity index (χ0) is 20.5. The molecule has 0 unspecified atom stereocenters. The van der Waals surface area contributed by atoms with E-state index in [2.05, 4.69) is 72.6 Å². The van der Waals surface area contributed by atoms with E-state index in [1.807, 2.05) is 0 Å². The van der Waals surface area contributed by atoms with Gasteiger partial charge in [-0.15, -0.1) is 0 Å². The van der Waals surface area contributed by atoms with Gasteiger partial charge in [-0.3, -0.25) is 4.79 Å². The van der Waals surface area contributed by atoms with Crippen LogP contribution >= 0.6 is 11.8 Å². The summed E-state index contributed by atoms with van der Waals surface area (Å²) in [6.07, 6.45) is 3.01. The topological polar surface area (TPSA) is 60.0 Å². The van der Waals surface area contributed by atoms with E-state index in [0.717, 1.165) is 28.5 Å². The van der Waals surface area contributed by atoms with Crippen LogP contribution in [0.4, 0.5) is 0 Å². The van der Waals surface area contributed by atoms with E-state index >= 15 is 0 Å². The van der Waals surface area contributed by atoms with Crippen molar-refractivity contribution in [1.29, 1.82) is 0 Å². The number of benzene rings is 2. The molecule has 0 saturated heterocycles. The van der Waals surface area contributed by atoms with Crippen molar-refractivity contribution in [2.75, 3.05) is 5.75 Å². The van der Waals surface area contributed by atoms with Gasteiger partial charge in [-0.1, -0.05) is 30.0 Å². The fraction of sp³-hybridized carbons (Fsp3) is 0.304. The Morgan fingerprint density at radius 1 is 1.14 bits per heavy atom. The molecule has 0 aliphatic rings. The number of hydrogen-bond acceptors (Lipinski definition) is 3. The summed E-state index contributed by atoms with van der Waals surface area (Å²) in [4.78, 5) is 15.7. The van der Waals surface area contributed by atoms with Gasteiger partial charge in [-0.05, 0) is 55.2 Å². The Hall–Kier alpha value is -2.73. The molecule has 0 spiro atoms. The summed E-state index contributed by atoms with van der Waals surface area (Å²) in [5.41, 5.74) is 7.08. The summed E-state index contributed by atoms with van der Waals surface area (Å²) in [6.45, 7) is 4.98. The highest BCUT2D eigenvalue weighted by atomic mass is 32.2. The van der Waals surface area contributed by atoms with Gasteiger partial charge in [0.2, 0.25) is 0 Å². The van der Waals surface area contributed by atoms with Crippen molar-refractivity contribution in [3.8, 4) is 0 Å². The first-order valence-electron chi connectivity index (χ1n) is 9.79. The number of carbonyl (C=O) groups is 1. The van der Waals surface area contributed by atoms with E-state index in [-0.39, 0.29) is 6.42 Å². The van der Waals surface area contributed by atoms with Crippen LogP contribution in [0.5, 0.6) is 0 Å². The number of para-hydroxylation sites is 1. The van der Waals surface area contributed by atoms with Crippen LogP contribution in [0.2, 0.25) is 0 Å². The van der Waals surface area contributed by atoms with Crippen LogP contribution in [0.15, 0.2) is 47.8 Å². The van der Waals surface area contributed by atoms with Gasteiger partial charge in [0.05, 0.1) is 17.6 Å². The quantitative estimate of drug-likeness (QED) is 0.340. The maximum Gasteiger partial charge on any atom is 0.303 e. The Bertz CT molecular complexity index is 1210. The van der Waals surface area contributed by atoms with Gasteiger partial charge in [0.1, 0.15) is 0 Å². The third kappa shape index (κ3) is 3.90. The molecule has 4 aromatic rings. The highest BCUT2D eigenvalue weighted by molar-refractivity contribution is 7.99. The first-order chi connectivity index (χ1) is 13.9. The highest BCUT2D eigenvalue weighted by Crippen LogP contribution is 2.30. The molecule has 0 saturated carbocycles. The Labute approximate surface area is 174 Å². The van der Waals surface area contributed by atoms with Gasteiger partial charge in [-0.2, -0.15) is 0 Å². The first-order valence-corrected chi connectivity index (χ1v) is 10.8. The average Bonchev–Trinajstić information content (AvgIpc) is 3.18. The van der Waals surface area contributed by atoms with Gasteiger partial charge in [0, 0.05) is 36.3 Å². The molecule has 0 aliphatic carbocycles. The van der Waals surface area contributed by atoms with Gasteiger partial charge in [0.15, 0.2) is 5.16 Å². The van der Waals surface area contributed by atoms with Crippen molar-refractivity contribution in [3.05, 3.63) is 59.3 Å². The first kappa shape index (κ1) is 19.6. The monoisotopic (exact) mass is 407 g/mol. The molecule has 0 atom stereocenters. The summed E-state index contributed by atoms with van der Waals surface area (Å²) in [5, 5.41) is 11.1. The molecule has 1 N–H and O–H groups in total. The van der Waals surface area contributed by atoms with Gasteiger partial charge in [-0.25, -0.2) is 4.98 Å². The van der Waals surface area contributed by atoms with Crippen molar-refractivity contribution in [1.82, 2.24) is 14.1 Å². The number of carboxylic acids is 1. The largest absolute Gasteiger partial charge is 0.481 e. The predicted octanol–water partition coefficient (Wildman–Crippen LogP) is 5.15. The minimum atomic E-state index is -0.749. The predicted molar refractivity (Wildman–Crippen MR) is 119 cm³/mol. The molecule has 0 radical (unpaired) electrons. The second-order valence-corrected chi connectivity index (χ2v) is 8.60. The number of rotatable bonds is 7. The Kier molecular flexibility index (Phi) is 5.37. The van der Waals surface area contributed by atoms with Crippen LogP contribution in [0.1, 0.15) is 29.5 Å². The van der Waals surface area contributed by atoms with Crippen LogP contribution in [-0.4, -0.2) is 30.9 Å². The van der Waals surface area contributed by atoms with Crippen molar-refractivity contribution in [2.24, 2.45) is 7.05 Å². The van der Waals surface area contributed by atoms with E-state index < -0.39 is 5.97 Å².